The van der Waals surface area contributed by atoms with E-state index in [-0.39, 0.29) is 5.75 Å². The first-order valence-electron chi connectivity index (χ1n) is 3.99. The van der Waals surface area contributed by atoms with Gasteiger partial charge in [0.15, 0.2) is 0 Å². The van der Waals surface area contributed by atoms with Crippen LogP contribution in [0, 0.1) is 0 Å². The van der Waals surface area contributed by atoms with Crippen LogP contribution >= 0.6 is 11.6 Å². The van der Waals surface area contributed by atoms with Gasteiger partial charge in [0.2, 0.25) is 0 Å². The van der Waals surface area contributed by atoms with Gasteiger partial charge in [0.05, 0.1) is 13.2 Å². The van der Waals surface area contributed by atoms with Crippen LogP contribution in [0.1, 0.15) is 5.56 Å². The van der Waals surface area contributed by atoms with Crippen LogP contribution < -0.4 is 5.73 Å². The highest BCUT2D eigenvalue weighted by Crippen LogP contribution is 2.21. The van der Waals surface area contributed by atoms with Crippen molar-refractivity contribution in [1.29, 1.82) is 0 Å². The van der Waals surface area contributed by atoms with E-state index in [1.54, 1.807) is 18.2 Å². The highest BCUT2D eigenvalue weighted by atomic mass is 35.5. The van der Waals surface area contributed by atoms with Gasteiger partial charge in [0.1, 0.15) is 5.75 Å². The summed E-state index contributed by atoms with van der Waals surface area (Å²) in [4.78, 5) is 0. The SMILES string of the molecule is NCCOCc1cc(Cl)ccc1O. The Balaban J connectivity index is 2.59. The molecule has 3 nitrogen and oxygen atoms in total. The Kier molecular flexibility index (Phi) is 4.02. The molecule has 0 aliphatic rings. The van der Waals surface area contributed by atoms with Crippen molar-refractivity contribution >= 4 is 11.6 Å². The average Bonchev–Trinajstić information content (AvgIpc) is 2.11. The lowest BCUT2D eigenvalue weighted by atomic mass is 10.2. The fourth-order valence-electron chi connectivity index (χ4n) is 0.935. The molecule has 0 aliphatic carbocycles. The molecule has 1 aromatic rings. The third-order valence-corrected chi connectivity index (χ3v) is 1.80. The van der Waals surface area contributed by atoms with Crippen molar-refractivity contribution in [3.05, 3.63) is 28.8 Å². The van der Waals surface area contributed by atoms with Crippen LogP contribution in [0.15, 0.2) is 18.2 Å². The summed E-state index contributed by atoms with van der Waals surface area (Å²) in [6.07, 6.45) is 0. The predicted octanol–water partition coefficient (Wildman–Crippen LogP) is 1.52. The van der Waals surface area contributed by atoms with Crippen molar-refractivity contribution in [1.82, 2.24) is 0 Å². The van der Waals surface area contributed by atoms with Crippen LogP contribution in [-0.2, 0) is 11.3 Å². The van der Waals surface area contributed by atoms with Crippen molar-refractivity contribution in [3.8, 4) is 5.75 Å². The molecule has 0 fully saturated rings. The van der Waals surface area contributed by atoms with Gasteiger partial charge in [-0.1, -0.05) is 11.6 Å². The Morgan fingerprint density at radius 2 is 2.23 bits per heavy atom. The molecule has 0 amide bonds. The maximum atomic E-state index is 9.36. The fourth-order valence-corrected chi connectivity index (χ4v) is 1.13. The second kappa shape index (κ2) is 5.07. The van der Waals surface area contributed by atoms with E-state index >= 15 is 0 Å². The maximum Gasteiger partial charge on any atom is 0.121 e. The van der Waals surface area contributed by atoms with Gasteiger partial charge in [-0.15, -0.1) is 0 Å². The standard InChI is InChI=1S/C9H12ClNO2/c10-8-1-2-9(12)7(5-8)6-13-4-3-11/h1-2,5,12H,3-4,6,11H2. The van der Waals surface area contributed by atoms with E-state index in [2.05, 4.69) is 0 Å². The molecule has 3 N–H and O–H groups in total. The number of hydrogen-bond acceptors (Lipinski definition) is 3. The minimum atomic E-state index is 0.196. The molecule has 0 aromatic heterocycles. The molecule has 1 aromatic carbocycles. The zero-order valence-corrected chi connectivity index (χ0v) is 7.92. The summed E-state index contributed by atoms with van der Waals surface area (Å²) in [5, 5.41) is 9.95. The smallest absolute Gasteiger partial charge is 0.121 e. The number of phenols is 1. The number of aromatic hydroxyl groups is 1. The summed E-state index contributed by atoms with van der Waals surface area (Å²) in [5.74, 6) is 0.196. The van der Waals surface area contributed by atoms with Crippen LogP contribution in [0.5, 0.6) is 5.75 Å². The molecule has 0 heterocycles. The minimum Gasteiger partial charge on any atom is -0.508 e. The van der Waals surface area contributed by atoms with Gasteiger partial charge >= 0.3 is 0 Å². The monoisotopic (exact) mass is 201 g/mol. The normalized spacial score (nSPS) is 10.3. The van der Waals surface area contributed by atoms with Crippen LogP contribution in [0.3, 0.4) is 0 Å². The summed E-state index contributed by atoms with van der Waals surface area (Å²) in [6.45, 7) is 1.29. The van der Waals surface area contributed by atoms with Crippen molar-refractivity contribution in [2.45, 2.75) is 6.61 Å². The lowest BCUT2D eigenvalue weighted by molar-refractivity contribution is 0.126. The first kappa shape index (κ1) is 10.3. The number of hydrogen-bond donors (Lipinski definition) is 2. The molecule has 0 unspecified atom stereocenters. The zero-order chi connectivity index (χ0) is 9.68. The second-order valence-corrected chi connectivity index (χ2v) is 3.05. The summed E-state index contributed by atoms with van der Waals surface area (Å²) < 4.78 is 5.16. The molecule has 4 heteroatoms. The lowest BCUT2D eigenvalue weighted by Crippen LogP contribution is -2.08. The first-order chi connectivity index (χ1) is 6.24. The van der Waals surface area contributed by atoms with Crippen molar-refractivity contribution in [2.75, 3.05) is 13.2 Å². The van der Waals surface area contributed by atoms with Crippen LogP contribution in [-0.4, -0.2) is 18.3 Å². The first-order valence-corrected chi connectivity index (χ1v) is 4.37. The molecule has 0 saturated carbocycles. The van der Waals surface area contributed by atoms with Gasteiger partial charge < -0.3 is 15.6 Å². The second-order valence-electron chi connectivity index (χ2n) is 2.61. The third kappa shape index (κ3) is 3.22. The van der Waals surface area contributed by atoms with E-state index in [9.17, 15) is 5.11 Å². The summed E-state index contributed by atoms with van der Waals surface area (Å²) in [5.41, 5.74) is 5.93. The molecule has 72 valence electrons. The van der Waals surface area contributed by atoms with E-state index in [0.29, 0.717) is 30.3 Å². The maximum absolute atomic E-state index is 9.36. The molecule has 0 radical (unpaired) electrons. The largest absolute Gasteiger partial charge is 0.508 e. The van der Waals surface area contributed by atoms with Gasteiger partial charge in [0.25, 0.3) is 0 Å². The summed E-state index contributed by atoms with van der Waals surface area (Å²) in [6, 6.07) is 4.85. The van der Waals surface area contributed by atoms with Crippen molar-refractivity contribution in [3.63, 3.8) is 0 Å². The van der Waals surface area contributed by atoms with E-state index in [1.807, 2.05) is 0 Å². The lowest BCUT2D eigenvalue weighted by Gasteiger charge is -2.05. The molecular formula is C9H12ClNO2. The highest BCUT2D eigenvalue weighted by Gasteiger charge is 2.01. The van der Waals surface area contributed by atoms with Gasteiger partial charge in [0, 0.05) is 17.1 Å². The van der Waals surface area contributed by atoms with E-state index < -0.39 is 0 Å². The van der Waals surface area contributed by atoms with Gasteiger partial charge in [-0.05, 0) is 18.2 Å². The molecule has 0 atom stereocenters. The van der Waals surface area contributed by atoms with E-state index in [1.165, 1.54) is 0 Å². The number of ether oxygens (including phenoxy) is 1. The van der Waals surface area contributed by atoms with E-state index in [0.717, 1.165) is 0 Å². The Hall–Kier alpha value is -0.770. The van der Waals surface area contributed by atoms with E-state index in [4.69, 9.17) is 22.1 Å². The predicted molar refractivity (Wildman–Crippen MR) is 51.8 cm³/mol. The number of nitrogens with two attached hydrogens (primary N) is 1. The molecular weight excluding hydrogens is 190 g/mol. The zero-order valence-electron chi connectivity index (χ0n) is 7.16. The number of phenolic OH excluding ortho intramolecular Hbond substituents is 1. The fraction of sp³-hybridized carbons (Fsp3) is 0.333. The average molecular weight is 202 g/mol. The Morgan fingerprint density at radius 3 is 2.92 bits per heavy atom. The van der Waals surface area contributed by atoms with Crippen molar-refractivity contribution in [2.24, 2.45) is 5.73 Å². The molecule has 0 bridgehead atoms. The topological polar surface area (TPSA) is 55.5 Å². The van der Waals surface area contributed by atoms with Crippen LogP contribution in [0.25, 0.3) is 0 Å². The Labute approximate surface area is 82.1 Å². The number of benzene rings is 1. The van der Waals surface area contributed by atoms with Crippen LogP contribution in [0.4, 0.5) is 0 Å². The van der Waals surface area contributed by atoms with Gasteiger partial charge in [-0.2, -0.15) is 0 Å². The Bertz CT molecular complexity index is 278. The molecule has 0 aliphatic heterocycles. The van der Waals surface area contributed by atoms with Crippen LogP contribution in [0.2, 0.25) is 5.02 Å². The van der Waals surface area contributed by atoms with Gasteiger partial charge in [-0.25, -0.2) is 0 Å². The summed E-state index contributed by atoms with van der Waals surface area (Å²) >= 11 is 5.74. The third-order valence-electron chi connectivity index (χ3n) is 1.56. The molecule has 13 heavy (non-hydrogen) atoms. The van der Waals surface area contributed by atoms with Gasteiger partial charge in [-0.3, -0.25) is 0 Å². The minimum absolute atomic E-state index is 0.196. The quantitative estimate of drug-likeness (QED) is 0.727. The molecule has 0 saturated heterocycles. The number of rotatable bonds is 4. The van der Waals surface area contributed by atoms with Crippen molar-refractivity contribution < 1.29 is 9.84 Å². The number of halogens is 1. The molecule has 1 rings (SSSR count). The Morgan fingerprint density at radius 1 is 1.46 bits per heavy atom. The highest BCUT2D eigenvalue weighted by molar-refractivity contribution is 6.30. The summed E-state index contributed by atoms with van der Waals surface area (Å²) in [7, 11) is 0. The molecule has 0 spiro atoms.